The van der Waals surface area contributed by atoms with Crippen molar-refractivity contribution in [2.24, 2.45) is 16.8 Å². The maximum atomic E-state index is 10.3. The van der Waals surface area contributed by atoms with Crippen LogP contribution in [0.3, 0.4) is 0 Å². The number of rotatable bonds is 5. The molecule has 0 radical (unpaired) electrons. The summed E-state index contributed by atoms with van der Waals surface area (Å²) in [5, 5.41) is 18.2. The molecule has 8 N–H and O–H groups in total. The van der Waals surface area contributed by atoms with Gasteiger partial charge in [-0.25, -0.2) is 5.90 Å². The van der Waals surface area contributed by atoms with Crippen molar-refractivity contribution in [3.05, 3.63) is 0 Å². The molecule has 0 fully saturated rings. The van der Waals surface area contributed by atoms with E-state index >= 15 is 0 Å². The van der Waals surface area contributed by atoms with Crippen LogP contribution in [0.25, 0.3) is 0 Å². The molecule has 0 aliphatic rings. The number of likely N-dealkylation sites (N-methyl/N-ethyl adjacent to an activating group) is 2. The zero-order chi connectivity index (χ0) is 25.2. The number of nitrogens with two attached hydrogens (primary N) is 2. The number of hydrogen-bond acceptors (Lipinski definition) is 14. The van der Waals surface area contributed by atoms with Gasteiger partial charge in [-0.15, -0.1) is 24.0 Å². The first-order valence-electron chi connectivity index (χ1n) is 7.13. The van der Waals surface area contributed by atoms with Crippen molar-refractivity contribution in [2.45, 2.75) is 6.04 Å². The second kappa shape index (κ2) is 38.0. The standard InChI is InChI=1S/C4H8N2O2.C4H10N2O2.C3H5NO2.CH5NO.IO4.HI.Na/c1-5-4(7)3-6-8-2;1-6-4(8)3(5)2-7;1-4-3(6)2-5;1-3-2;2-1(3,4)5;;/h3H,1-2H3,(H,5,7);3,7H,2,5H2,1H3,(H,6,8);2H,1H3,(H,4,6);2H2,1H3;;1H;/q;;;;-1;;+1/b6-3+;;;;;;/t;3-;;;;;/m.0...../s1. The molecule has 0 saturated carbocycles. The third-order valence-corrected chi connectivity index (χ3v) is 1.66. The third-order valence-electron chi connectivity index (χ3n) is 1.66. The van der Waals surface area contributed by atoms with Crippen molar-refractivity contribution in [1.82, 2.24) is 16.0 Å². The molecule has 0 heterocycles. The summed E-state index contributed by atoms with van der Waals surface area (Å²) in [5.41, 5.74) is 5.06. The molecule has 0 bridgehead atoms. The second-order valence-corrected chi connectivity index (χ2v) is 5.94. The van der Waals surface area contributed by atoms with Gasteiger partial charge in [-0.3, -0.25) is 32.9 Å². The molecule has 0 aliphatic heterocycles. The molecule has 0 spiro atoms. The predicted molar refractivity (Wildman–Crippen MR) is 105 cm³/mol. The summed E-state index contributed by atoms with van der Waals surface area (Å²) in [7, 11) is 7.16. The van der Waals surface area contributed by atoms with E-state index < -0.39 is 32.0 Å². The van der Waals surface area contributed by atoms with E-state index in [4.69, 9.17) is 24.6 Å². The fraction of sp³-hybridized carbons (Fsp3) is 0.583. The van der Waals surface area contributed by atoms with Crippen molar-refractivity contribution in [3.63, 3.8) is 0 Å². The Morgan fingerprint density at radius 3 is 1.53 bits per heavy atom. The van der Waals surface area contributed by atoms with Gasteiger partial charge in [0.05, 0.1) is 13.7 Å². The molecule has 17 nitrogen and oxygen atoms in total. The summed E-state index contributed by atoms with van der Waals surface area (Å²) >= 11 is -5.94. The Morgan fingerprint density at radius 1 is 1.06 bits per heavy atom. The fourth-order valence-electron chi connectivity index (χ4n) is 0.492. The Balaban J connectivity index is -0.0000000496. The van der Waals surface area contributed by atoms with Gasteiger partial charge in [0, 0.05) is 21.1 Å². The Hall–Kier alpha value is -0.310. The quantitative estimate of drug-likeness (QED) is 0.0386. The summed E-state index contributed by atoms with van der Waals surface area (Å²) in [6, 6.07) is -0.778. The van der Waals surface area contributed by atoms with E-state index in [2.05, 4.69) is 36.7 Å². The van der Waals surface area contributed by atoms with Crippen LogP contribution in [0.1, 0.15) is 0 Å². The number of oxime groups is 1. The Labute approximate surface area is 230 Å². The van der Waals surface area contributed by atoms with Crippen molar-refractivity contribution >= 4 is 54.2 Å². The minimum atomic E-state index is -5.94. The maximum absolute atomic E-state index is 10.3. The normalized spacial score (nSPS) is 9.25. The van der Waals surface area contributed by atoms with Crippen LogP contribution < -0.4 is 91.0 Å². The number of nitrogens with zero attached hydrogens (tertiary/aromatic N) is 1. The summed E-state index contributed by atoms with van der Waals surface area (Å²) in [5.74, 6) is 3.15. The van der Waals surface area contributed by atoms with Gasteiger partial charge in [0.2, 0.25) is 12.2 Å². The van der Waals surface area contributed by atoms with Gasteiger partial charge >= 0.3 is 29.6 Å². The molecule has 32 heavy (non-hydrogen) atoms. The number of nitrogens with one attached hydrogen (secondary N) is 3. The zero-order valence-corrected chi connectivity index (χ0v) is 24.8. The van der Waals surface area contributed by atoms with Crippen LogP contribution in [0.15, 0.2) is 5.16 Å². The van der Waals surface area contributed by atoms with Crippen molar-refractivity contribution in [2.75, 3.05) is 42.0 Å². The fourth-order valence-corrected chi connectivity index (χ4v) is 0.492. The molecule has 0 aliphatic carbocycles. The second-order valence-electron chi connectivity index (χ2n) is 3.78. The van der Waals surface area contributed by atoms with Crippen LogP contribution >= 0.6 is 24.0 Å². The first kappa shape index (κ1) is 49.0. The molecule has 20 heteroatoms. The monoisotopic (exact) mass is 710 g/mol. The Bertz CT molecular complexity index is 467. The van der Waals surface area contributed by atoms with E-state index in [9.17, 15) is 19.2 Å². The van der Waals surface area contributed by atoms with Gasteiger partial charge in [-0.2, -0.15) is 0 Å². The topological polar surface area (TPSA) is 300 Å². The van der Waals surface area contributed by atoms with E-state index in [-0.39, 0.29) is 78.2 Å². The Morgan fingerprint density at radius 2 is 1.41 bits per heavy atom. The summed E-state index contributed by atoms with van der Waals surface area (Å²) in [6.45, 7) is -0.306. The summed E-state index contributed by atoms with van der Waals surface area (Å²) < 4.78 is 34.5. The molecule has 0 unspecified atom stereocenters. The number of aliphatic hydroxyl groups excluding tert-OH is 1. The first-order chi connectivity index (χ1) is 13.7. The largest absolute Gasteiger partial charge is 1.00 e. The van der Waals surface area contributed by atoms with Crippen LogP contribution in [0.4, 0.5) is 0 Å². The number of aldehydes is 1. The molecule has 188 valence electrons. The summed E-state index contributed by atoms with van der Waals surface area (Å²) in [6.07, 6.45) is 1.28. The molecule has 0 aromatic heterocycles. The average molecular weight is 710 g/mol. The van der Waals surface area contributed by atoms with Gasteiger partial charge in [0.15, 0.2) is 0 Å². The SMILES string of the molecule is CNC(=O)/C=N/OC.CNC(=O)C=O.CNC(=O)[C@@H](N)CO.CON.I.[Na+].[O-][I+3]([O-])([O-])[O-]. The van der Waals surface area contributed by atoms with Crippen LogP contribution in [0.5, 0.6) is 0 Å². The van der Waals surface area contributed by atoms with Crippen LogP contribution in [0, 0.1) is 0 Å². The van der Waals surface area contributed by atoms with Gasteiger partial charge in [0.1, 0.15) is 39.5 Å². The zero-order valence-electron chi connectivity index (χ0n) is 18.4. The van der Waals surface area contributed by atoms with Crippen molar-refractivity contribution in [3.8, 4) is 0 Å². The van der Waals surface area contributed by atoms with Crippen LogP contribution in [0.2, 0.25) is 0 Å². The minimum absolute atomic E-state index is 0. The molecular formula is C12H29I2N6NaO11. The van der Waals surface area contributed by atoms with Crippen LogP contribution in [-0.4, -0.2) is 83.3 Å². The number of aliphatic hydroxyl groups is 1. The van der Waals surface area contributed by atoms with Gasteiger partial charge in [-0.1, -0.05) is 5.16 Å². The maximum Gasteiger partial charge on any atom is 1.00 e. The van der Waals surface area contributed by atoms with Gasteiger partial charge in [0.25, 0.3) is 11.8 Å². The van der Waals surface area contributed by atoms with Gasteiger partial charge < -0.3 is 36.5 Å². The average Bonchev–Trinajstić information content (AvgIpc) is 2.70. The number of carbonyl (C=O) groups is 4. The first-order valence-corrected chi connectivity index (χ1v) is 10.7. The third kappa shape index (κ3) is 78.1. The molecule has 0 aromatic rings. The van der Waals surface area contributed by atoms with E-state index in [1.54, 1.807) is 0 Å². The summed E-state index contributed by atoms with van der Waals surface area (Å²) in [4.78, 5) is 47.6. The van der Waals surface area contributed by atoms with E-state index in [0.717, 1.165) is 6.21 Å². The number of amides is 3. The number of hydrogen-bond donors (Lipinski definition) is 6. The minimum Gasteiger partial charge on any atom is -0.399 e. The smallest absolute Gasteiger partial charge is 0.399 e. The Kier molecular flexibility index (Phi) is 58.1. The van der Waals surface area contributed by atoms with Crippen LogP contribution in [-0.2, 0) is 28.9 Å². The van der Waals surface area contributed by atoms with E-state index in [0.29, 0.717) is 0 Å². The number of halogens is 2. The van der Waals surface area contributed by atoms with E-state index in [1.165, 1.54) is 35.4 Å². The predicted octanol–water partition coefficient (Wildman–Crippen LogP) is -14.3. The van der Waals surface area contributed by atoms with Crippen molar-refractivity contribution in [1.29, 1.82) is 0 Å². The molecular weight excluding hydrogens is 681 g/mol. The van der Waals surface area contributed by atoms with Gasteiger partial charge in [-0.05, 0) is 0 Å². The van der Waals surface area contributed by atoms with Crippen molar-refractivity contribution < 1.29 is 97.4 Å². The van der Waals surface area contributed by atoms with E-state index in [1.807, 2.05) is 0 Å². The molecule has 0 rings (SSSR count). The molecule has 3 amide bonds. The number of carbonyl (C=O) groups excluding carboxylic acids is 4. The molecule has 0 aromatic carbocycles. The molecule has 1 atom stereocenters. The molecule has 0 saturated heterocycles.